The molecule has 1 N–H and O–H groups in total. The summed E-state index contributed by atoms with van der Waals surface area (Å²) < 4.78 is 11.3. The number of ether oxygens (including phenoxy) is 2. The van der Waals surface area contributed by atoms with Crippen molar-refractivity contribution in [3.8, 4) is 11.5 Å². The Balaban J connectivity index is 1.90. The van der Waals surface area contributed by atoms with Gasteiger partial charge in [0.05, 0.1) is 17.6 Å². The van der Waals surface area contributed by atoms with Crippen molar-refractivity contribution in [2.45, 2.75) is 11.7 Å². The smallest absolute Gasteiger partial charge is 0.269 e. The third-order valence-corrected chi connectivity index (χ3v) is 5.02. The van der Waals surface area contributed by atoms with E-state index in [-0.39, 0.29) is 16.8 Å². The molecule has 7 nitrogen and oxygen atoms in total. The number of carbonyl (C=O) groups is 1. The van der Waals surface area contributed by atoms with Gasteiger partial charge in [-0.15, -0.1) is 0 Å². The molecule has 0 fully saturated rings. The van der Waals surface area contributed by atoms with E-state index in [1.54, 1.807) is 36.4 Å². The van der Waals surface area contributed by atoms with E-state index in [0.717, 1.165) is 0 Å². The molecule has 0 aromatic heterocycles. The minimum Gasteiger partial charge on any atom is -0.497 e. The molecule has 7 heteroatoms. The van der Waals surface area contributed by atoms with Gasteiger partial charge in [0, 0.05) is 18.2 Å². The Labute approximate surface area is 166 Å². The predicted molar refractivity (Wildman–Crippen MR) is 104 cm³/mol. The summed E-state index contributed by atoms with van der Waals surface area (Å²) in [5.41, 5.74) is -1.18. The van der Waals surface area contributed by atoms with Gasteiger partial charge < -0.3 is 14.6 Å². The molecule has 0 radical (unpaired) electrons. The number of hydrogen-bond acceptors (Lipinski definition) is 6. The lowest BCUT2D eigenvalue weighted by atomic mass is 9.76. The second-order valence-electron chi connectivity index (χ2n) is 6.67. The summed E-state index contributed by atoms with van der Waals surface area (Å²) in [7, 11) is 1.51. The van der Waals surface area contributed by atoms with Crippen LogP contribution < -0.4 is 9.47 Å². The summed E-state index contributed by atoms with van der Waals surface area (Å²) in [5.74, 6) is 0.267. The van der Waals surface area contributed by atoms with Crippen molar-refractivity contribution in [1.29, 1.82) is 0 Å². The van der Waals surface area contributed by atoms with Crippen molar-refractivity contribution in [1.82, 2.24) is 0 Å². The van der Waals surface area contributed by atoms with Gasteiger partial charge >= 0.3 is 0 Å². The number of rotatable bonds is 4. The molecule has 3 aromatic rings. The molecule has 0 amide bonds. The average Bonchev–Trinajstić information content (AvgIpc) is 2.76. The molecule has 0 saturated carbocycles. The Morgan fingerprint density at radius 2 is 1.76 bits per heavy atom. The van der Waals surface area contributed by atoms with Crippen molar-refractivity contribution in [3.05, 3.63) is 99.6 Å². The van der Waals surface area contributed by atoms with Crippen molar-refractivity contribution >= 4 is 11.5 Å². The highest BCUT2D eigenvalue weighted by Crippen LogP contribution is 2.47. The topological polar surface area (TPSA) is 98.9 Å². The SMILES string of the molecule is COc1ccc2c(c1)O[C@H](c1ccccc1)[C@](O)(c1ccc([N+](=O)[O-])cc1)C2=O. The van der Waals surface area contributed by atoms with Crippen LogP contribution in [0.25, 0.3) is 0 Å². The fourth-order valence-electron chi connectivity index (χ4n) is 3.51. The van der Waals surface area contributed by atoms with E-state index in [1.807, 2.05) is 6.07 Å². The van der Waals surface area contributed by atoms with Gasteiger partial charge in [0.15, 0.2) is 11.7 Å². The Bertz CT molecular complexity index is 1080. The summed E-state index contributed by atoms with van der Waals surface area (Å²) in [4.78, 5) is 23.9. The molecule has 1 aliphatic rings. The number of nitro groups is 1. The number of nitro benzene ring substituents is 1. The molecule has 1 heterocycles. The van der Waals surface area contributed by atoms with Gasteiger partial charge in [0.2, 0.25) is 5.78 Å². The third-order valence-electron chi connectivity index (χ3n) is 5.02. The number of benzene rings is 3. The van der Waals surface area contributed by atoms with E-state index < -0.39 is 22.4 Å². The van der Waals surface area contributed by atoms with E-state index in [4.69, 9.17) is 9.47 Å². The lowest BCUT2D eigenvalue weighted by molar-refractivity contribution is -0.384. The van der Waals surface area contributed by atoms with Gasteiger partial charge in [-0.1, -0.05) is 30.3 Å². The Kier molecular flexibility index (Phi) is 4.52. The van der Waals surface area contributed by atoms with Gasteiger partial charge in [-0.05, 0) is 35.4 Å². The number of non-ortho nitro benzene ring substituents is 1. The van der Waals surface area contributed by atoms with E-state index in [2.05, 4.69) is 0 Å². The Hall–Kier alpha value is -3.71. The molecule has 29 heavy (non-hydrogen) atoms. The Morgan fingerprint density at radius 3 is 2.38 bits per heavy atom. The first-order valence-corrected chi connectivity index (χ1v) is 8.87. The molecular formula is C22H17NO6. The number of ketones is 1. The fraction of sp³-hybridized carbons (Fsp3) is 0.136. The van der Waals surface area contributed by atoms with Gasteiger partial charge in [-0.3, -0.25) is 14.9 Å². The first-order chi connectivity index (χ1) is 13.9. The summed E-state index contributed by atoms with van der Waals surface area (Å²) in [6, 6.07) is 18.9. The van der Waals surface area contributed by atoms with Crippen LogP contribution in [0.1, 0.15) is 27.6 Å². The molecule has 146 valence electrons. The van der Waals surface area contributed by atoms with Crippen LogP contribution in [0.4, 0.5) is 5.69 Å². The van der Waals surface area contributed by atoms with E-state index >= 15 is 0 Å². The van der Waals surface area contributed by atoms with E-state index in [1.165, 1.54) is 37.4 Å². The molecule has 0 unspecified atom stereocenters. The normalized spacial score (nSPS) is 20.5. The van der Waals surface area contributed by atoms with Crippen LogP contribution in [0.15, 0.2) is 72.8 Å². The van der Waals surface area contributed by atoms with Crippen molar-refractivity contribution in [2.75, 3.05) is 7.11 Å². The zero-order valence-electron chi connectivity index (χ0n) is 15.4. The second kappa shape index (κ2) is 7.03. The van der Waals surface area contributed by atoms with Crippen LogP contribution in [-0.4, -0.2) is 22.9 Å². The maximum Gasteiger partial charge on any atom is 0.269 e. The largest absolute Gasteiger partial charge is 0.497 e. The number of aliphatic hydroxyl groups is 1. The van der Waals surface area contributed by atoms with Crippen LogP contribution in [0.2, 0.25) is 0 Å². The van der Waals surface area contributed by atoms with Crippen molar-refractivity contribution in [3.63, 3.8) is 0 Å². The molecule has 3 aromatic carbocycles. The number of Topliss-reactive ketones (excluding diaryl/α,β-unsaturated/α-hetero) is 1. The van der Waals surface area contributed by atoms with Crippen LogP contribution in [0, 0.1) is 10.1 Å². The molecule has 4 rings (SSSR count). The maximum absolute atomic E-state index is 13.4. The van der Waals surface area contributed by atoms with Crippen LogP contribution in [0.3, 0.4) is 0 Å². The maximum atomic E-state index is 13.4. The highest BCUT2D eigenvalue weighted by Gasteiger charge is 2.52. The van der Waals surface area contributed by atoms with Gasteiger partial charge in [0.1, 0.15) is 11.5 Å². The number of hydrogen-bond donors (Lipinski definition) is 1. The Morgan fingerprint density at radius 1 is 1.07 bits per heavy atom. The fourth-order valence-corrected chi connectivity index (χ4v) is 3.51. The van der Waals surface area contributed by atoms with Gasteiger partial charge in [-0.2, -0.15) is 0 Å². The van der Waals surface area contributed by atoms with E-state index in [0.29, 0.717) is 17.1 Å². The highest BCUT2D eigenvalue weighted by molar-refractivity contribution is 6.06. The quantitative estimate of drug-likeness (QED) is 0.536. The zero-order chi connectivity index (χ0) is 20.6. The number of fused-ring (bicyclic) bond motifs is 1. The zero-order valence-corrected chi connectivity index (χ0v) is 15.4. The summed E-state index contributed by atoms with van der Waals surface area (Å²) >= 11 is 0. The van der Waals surface area contributed by atoms with Gasteiger partial charge in [-0.25, -0.2) is 0 Å². The average molecular weight is 391 g/mol. The molecular weight excluding hydrogens is 374 g/mol. The highest BCUT2D eigenvalue weighted by atomic mass is 16.6. The molecule has 2 atom stereocenters. The number of methoxy groups -OCH3 is 1. The predicted octanol–water partition coefficient (Wildman–Crippen LogP) is 3.81. The van der Waals surface area contributed by atoms with Crippen molar-refractivity contribution < 1.29 is 24.3 Å². The number of nitrogens with zero attached hydrogens (tertiary/aromatic N) is 1. The van der Waals surface area contributed by atoms with E-state index in [9.17, 15) is 20.0 Å². The monoisotopic (exact) mass is 391 g/mol. The van der Waals surface area contributed by atoms with Gasteiger partial charge in [0.25, 0.3) is 5.69 Å². The molecule has 0 aliphatic carbocycles. The number of carbonyl (C=O) groups excluding carboxylic acids is 1. The standard InChI is InChI=1S/C22H17NO6/c1-28-17-11-12-18-19(13-17)29-21(14-5-3-2-4-6-14)22(25,20(18)24)15-7-9-16(10-8-15)23(26)27/h2-13,21,25H,1H3/t21-,22+/m1/s1. The third kappa shape index (κ3) is 3.01. The molecule has 0 bridgehead atoms. The second-order valence-corrected chi connectivity index (χ2v) is 6.67. The minimum absolute atomic E-state index is 0.136. The minimum atomic E-state index is -2.06. The first kappa shape index (κ1) is 18.6. The summed E-state index contributed by atoms with van der Waals surface area (Å²) in [5, 5.41) is 22.6. The van der Waals surface area contributed by atoms with Crippen LogP contribution >= 0.6 is 0 Å². The lowest BCUT2D eigenvalue weighted by Gasteiger charge is -2.40. The molecule has 0 saturated heterocycles. The van der Waals surface area contributed by atoms with Crippen LogP contribution in [-0.2, 0) is 5.60 Å². The van der Waals surface area contributed by atoms with Crippen molar-refractivity contribution in [2.24, 2.45) is 0 Å². The molecule has 0 spiro atoms. The van der Waals surface area contributed by atoms with Crippen LogP contribution in [0.5, 0.6) is 11.5 Å². The summed E-state index contributed by atoms with van der Waals surface area (Å²) in [6.07, 6.45) is -1.04. The molecule has 1 aliphatic heterocycles. The first-order valence-electron chi connectivity index (χ1n) is 8.87. The lowest BCUT2D eigenvalue weighted by Crippen LogP contribution is -2.47. The summed E-state index contributed by atoms with van der Waals surface area (Å²) in [6.45, 7) is 0.